The molecule has 110 valence electrons. The summed E-state index contributed by atoms with van der Waals surface area (Å²) in [6.45, 7) is 0. The Morgan fingerprint density at radius 1 is 1.43 bits per heavy atom. The molecular weight excluding hydrogens is 356 g/mol. The molecule has 5 nitrogen and oxygen atoms in total. The van der Waals surface area contributed by atoms with Crippen molar-refractivity contribution in [2.75, 3.05) is 7.11 Å². The third kappa shape index (κ3) is 2.98. The molecule has 1 aromatic carbocycles. The smallest absolute Gasteiger partial charge is 0.321 e. The van der Waals surface area contributed by atoms with E-state index in [0.29, 0.717) is 30.3 Å². The van der Waals surface area contributed by atoms with E-state index in [4.69, 9.17) is 9.26 Å². The Labute approximate surface area is 134 Å². The number of halogens is 1. The van der Waals surface area contributed by atoms with E-state index in [1.165, 1.54) is 7.11 Å². The quantitative estimate of drug-likeness (QED) is 0.595. The number of hydrogen-bond acceptors (Lipinski definition) is 6. The van der Waals surface area contributed by atoms with Crippen molar-refractivity contribution in [2.24, 2.45) is 0 Å². The monoisotopic (exact) mass is 368 g/mol. The number of thioether (sulfide) groups is 1. The van der Waals surface area contributed by atoms with Gasteiger partial charge >= 0.3 is 5.97 Å². The van der Waals surface area contributed by atoms with Crippen molar-refractivity contribution >= 4 is 33.7 Å². The molecule has 1 fully saturated rings. The third-order valence-electron chi connectivity index (χ3n) is 3.39. The van der Waals surface area contributed by atoms with Gasteiger partial charge in [0.2, 0.25) is 5.89 Å². The predicted molar refractivity (Wildman–Crippen MR) is 80.9 cm³/mol. The first-order valence-corrected chi connectivity index (χ1v) is 8.22. The Balaban J connectivity index is 1.66. The average Bonchev–Trinajstić information content (AvgIpc) is 3.18. The van der Waals surface area contributed by atoms with Crippen LogP contribution >= 0.6 is 27.7 Å². The molecule has 3 rings (SSSR count). The maximum absolute atomic E-state index is 11.8. The largest absolute Gasteiger partial charge is 0.468 e. The minimum Gasteiger partial charge on any atom is -0.468 e. The van der Waals surface area contributed by atoms with Crippen molar-refractivity contribution in [3.63, 3.8) is 0 Å². The second kappa shape index (κ2) is 5.81. The molecule has 0 spiro atoms. The van der Waals surface area contributed by atoms with Gasteiger partial charge in [0, 0.05) is 9.37 Å². The van der Waals surface area contributed by atoms with Crippen LogP contribution in [0.2, 0.25) is 0 Å². The van der Waals surface area contributed by atoms with E-state index in [2.05, 4.69) is 26.1 Å². The average molecular weight is 369 g/mol. The van der Waals surface area contributed by atoms with E-state index in [0.717, 1.165) is 9.37 Å². The number of nitrogens with zero attached hydrogens (tertiary/aromatic N) is 2. The molecular formula is C14H13BrN2O3S. The van der Waals surface area contributed by atoms with Crippen molar-refractivity contribution in [2.45, 2.75) is 28.9 Å². The van der Waals surface area contributed by atoms with Gasteiger partial charge in [0.25, 0.3) is 0 Å². The van der Waals surface area contributed by atoms with Gasteiger partial charge in [-0.1, -0.05) is 21.1 Å². The minimum atomic E-state index is -0.692. The molecule has 0 bridgehead atoms. The van der Waals surface area contributed by atoms with E-state index in [1.54, 1.807) is 11.8 Å². The summed E-state index contributed by atoms with van der Waals surface area (Å²) in [4.78, 5) is 17.2. The Hall–Kier alpha value is -1.34. The van der Waals surface area contributed by atoms with Gasteiger partial charge in [-0.2, -0.15) is 4.98 Å². The topological polar surface area (TPSA) is 65.2 Å². The zero-order chi connectivity index (χ0) is 14.9. The fourth-order valence-corrected chi connectivity index (χ4v) is 3.02. The molecule has 1 aliphatic rings. The lowest BCUT2D eigenvalue weighted by Crippen LogP contribution is -2.22. The van der Waals surface area contributed by atoms with Gasteiger partial charge in [-0.25, -0.2) is 0 Å². The van der Waals surface area contributed by atoms with Crippen LogP contribution in [0.15, 0.2) is 38.2 Å². The van der Waals surface area contributed by atoms with Gasteiger partial charge in [0.15, 0.2) is 5.82 Å². The summed E-state index contributed by atoms with van der Waals surface area (Å²) in [5.41, 5.74) is -0.692. The summed E-state index contributed by atoms with van der Waals surface area (Å²) >= 11 is 5.02. The molecule has 1 saturated carbocycles. The number of hydrogen-bond donors (Lipinski definition) is 0. The van der Waals surface area contributed by atoms with E-state index in [9.17, 15) is 4.79 Å². The van der Waals surface area contributed by atoms with Crippen molar-refractivity contribution in [3.05, 3.63) is 40.5 Å². The molecule has 0 amide bonds. The van der Waals surface area contributed by atoms with Gasteiger partial charge in [0.1, 0.15) is 5.41 Å². The van der Waals surface area contributed by atoms with Gasteiger partial charge < -0.3 is 9.26 Å². The molecule has 2 aromatic rings. The van der Waals surface area contributed by atoms with Crippen LogP contribution in [-0.2, 0) is 20.7 Å². The molecule has 7 heteroatoms. The van der Waals surface area contributed by atoms with E-state index < -0.39 is 5.41 Å². The lowest BCUT2D eigenvalue weighted by atomic mass is 10.1. The first-order chi connectivity index (χ1) is 10.1. The normalized spacial score (nSPS) is 15.7. The number of esters is 1. The number of rotatable bonds is 5. The standard InChI is InChI=1S/C14H13BrN2O3S/c1-19-13(18)14(6-7-14)12-16-11(17-20-12)8-21-10-4-2-9(15)3-5-10/h2-5H,6-8H2,1H3. The summed E-state index contributed by atoms with van der Waals surface area (Å²) in [5.74, 6) is 1.27. The predicted octanol–water partition coefficient (Wildman–Crippen LogP) is 3.33. The second-order valence-electron chi connectivity index (χ2n) is 4.83. The van der Waals surface area contributed by atoms with Gasteiger partial charge in [-0.05, 0) is 37.1 Å². The number of aromatic nitrogens is 2. The second-order valence-corrected chi connectivity index (χ2v) is 6.80. The van der Waals surface area contributed by atoms with Gasteiger partial charge in [0.05, 0.1) is 12.9 Å². The van der Waals surface area contributed by atoms with Crippen LogP contribution in [0.1, 0.15) is 24.6 Å². The zero-order valence-corrected chi connectivity index (χ0v) is 13.7. The van der Waals surface area contributed by atoms with Crippen LogP contribution in [0, 0.1) is 0 Å². The summed E-state index contributed by atoms with van der Waals surface area (Å²) in [7, 11) is 1.38. The van der Waals surface area contributed by atoms with Gasteiger partial charge in [-0.3, -0.25) is 4.79 Å². The van der Waals surface area contributed by atoms with Crippen LogP contribution in [0.5, 0.6) is 0 Å². The Morgan fingerprint density at radius 3 is 2.76 bits per heavy atom. The van der Waals surface area contributed by atoms with Crippen LogP contribution in [0.3, 0.4) is 0 Å². The zero-order valence-electron chi connectivity index (χ0n) is 11.3. The van der Waals surface area contributed by atoms with Crippen molar-refractivity contribution in [3.8, 4) is 0 Å². The SMILES string of the molecule is COC(=O)C1(c2nc(CSc3ccc(Br)cc3)no2)CC1. The van der Waals surface area contributed by atoms with Crippen molar-refractivity contribution < 1.29 is 14.1 Å². The summed E-state index contributed by atoms with van der Waals surface area (Å²) in [5, 5.41) is 3.95. The first kappa shape index (κ1) is 14.6. The fourth-order valence-electron chi connectivity index (χ4n) is 2.01. The van der Waals surface area contributed by atoms with Crippen molar-refractivity contribution in [1.82, 2.24) is 10.1 Å². The number of ether oxygens (including phenoxy) is 1. The van der Waals surface area contributed by atoms with Crippen LogP contribution in [0.25, 0.3) is 0 Å². The summed E-state index contributed by atoms with van der Waals surface area (Å²) in [6, 6.07) is 8.01. The molecule has 0 N–H and O–H groups in total. The molecule has 1 aliphatic carbocycles. The summed E-state index contributed by atoms with van der Waals surface area (Å²) in [6.07, 6.45) is 1.42. The third-order valence-corrected chi connectivity index (χ3v) is 4.92. The number of methoxy groups -OCH3 is 1. The Kier molecular flexibility index (Phi) is 4.03. The molecule has 0 saturated heterocycles. The maximum atomic E-state index is 11.8. The Morgan fingerprint density at radius 2 is 2.14 bits per heavy atom. The first-order valence-electron chi connectivity index (χ1n) is 6.44. The molecule has 1 aromatic heterocycles. The fraction of sp³-hybridized carbons (Fsp3) is 0.357. The summed E-state index contributed by atoms with van der Waals surface area (Å²) < 4.78 is 11.1. The van der Waals surface area contributed by atoms with Crippen LogP contribution in [-0.4, -0.2) is 23.2 Å². The van der Waals surface area contributed by atoms with Crippen LogP contribution < -0.4 is 0 Å². The van der Waals surface area contributed by atoms with Gasteiger partial charge in [-0.15, -0.1) is 11.8 Å². The number of carbonyl (C=O) groups excluding carboxylic acids is 1. The Bertz CT molecular complexity index is 652. The molecule has 0 unspecified atom stereocenters. The van der Waals surface area contributed by atoms with Crippen molar-refractivity contribution in [1.29, 1.82) is 0 Å². The highest BCUT2D eigenvalue weighted by Crippen LogP contribution is 2.48. The molecule has 0 radical (unpaired) electrons. The number of benzene rings is 1. The minimum absolute atomic E-state index is 0.293. The highest BCUT2D eigenvalue weighted by molar-refractivity contribution is 9.10. The lowest BCUT2D eigenvalue weighted by Gasteiger charge is -2.05. The maximum Gasteiger partial charge on any atom is 0.321 e. The highest BCUT2D eigenvalue weighted by atomic mass is 79.9. The molecule has 21 heavy (non-hydrogen) atoms. The van der Waals surface area contributed by atoms with E-state index >= 15 is 0 Å². The van der Waals surface area contributed by atoms with Crippen LogP contribution in [0.4, 0.5) is 0 Å². The number of carbonyl (C=O) groups is 1. The molecule has 0 aliphatic heterocycles. The van der Waals surface area contributed by atoms with E-state index in [1.807, 2.05) is 24.3 Å². The van der Waals surface area contributed by atoms with E-state index in [-0.39, 0.29) is 5.97 Å². The molecule has 0 atom stereocenters. The molecule has 1 heterocycles. The highest BCUT2D eigenvalue weighted by Gasteiger charge is 2.57. The lowest BCUT2D eigenvalue weighted by molar-refractivity contribution is -0.144.